The molecular formula is C12H18N2O8S. The van der Waals surface area contributed by atoms with Gasteiger partial charge in [-0.1, -0.05) is 0 Å². The van der Waals surface area contributed by atoms with Gasteiger partial charge < -0.3 is 25.2 Å². The number of nitrogens with one attached hydrogen (secondary N) is 2. The second kappa shape index (κ2) is 8.84. The molecule has 10 nitrogen and oxygen atoms in total. The quantitative estimate of drug-likeness (QED) is 0.257. The van der Waals surface area contributed by atoms with Gasteiger partial charge in [-0.15, -0.1) is 11.8 Å². The molecule has 3 atom stereocenters. The molecule has 1 aromatic rings. The molecule has 0 amide bonds. The molecule has 130 valence electrons. The summed E-state index contributed by atoms with van der Waals surface area (Å²) in [5, 5.41) is 37.0. The van der Waals surface area contributed by atoms with Crippen molar-refractivity contribution in [1.82, 2.24) is 9.97 Å². The molecule has 23 heavy (non-hydrogen) atoms. The van der Waals surface area contributed by atoms with Crippen LogP contribution in [0.3, 0.4) is 0 Å². The van der Waals surface area contributed by atoms with E-state index < -0.39 is 42.8 Å². The molecule has 0 aromatic carbocycles. The highest BCUT2D eigenvalue weighted by atomic mass is 32.2. The third-order valence-electron chi connectivity index (χ3n) is 2.66. The topological polar surface area (TPSA) is 173 Å². The fraction of sp³-hybridized carbons (Fsp3) is 0.583. The molecule has 0 aliphatic rings. The lowest BCUT2D eigenvalue weighted by Gasteiger charge is -2.21. The largest absolute Gasteiger partial charge is 0.475 e. The van der Waals surface area contributed by atoms with E-state index in [0.717, 1.165) is 11.8 Å². The van der Waals surface area contributed by atoms with Crippen LogP contribution in [0.1, 0.15) is 6.92 Å². The predicted molar refractivity (Wildman–Crippen MR) is 79.7 cm³/mol. The number of hydrogen-bond donors (Lipinski definition) is 6. The summed E-state index contributed by atoms with van der Waals surface area (Å²) in [6.07, 6.45) is -4.83. The zero-order valence-electron chi connectivity index (χ0n) is 12.2. The van der Waals surface area contributed by atoms with E-state index in [9.17, 15) is 29.7 Å². The predicted octanol–water partition coefficient (Wildman–Crippen LogP) is -2.80. The number of ketones is 1. The lowest BCUT2D eigenvalue weighted by atomic mass is 10.1. The lowest BCUT2D eigenvalue weighted by molar-refractivity contribution is -0.114. The number of hydrogen-bond acceptors (Lipinski definition) is 9. The van der Waals surface area contributed by atoms with Crippen LogP contribution >= 0.6 is 11.8 Å². The van der Waals surface area contributed by atoms with Gasteiger partial charge in [0.1, 0.15) is 35.6 Å². The van der Waals surface area contributed by atoms with E-state index in [1.165, 1.54) is 6.92 Å². The first-order valence-corrected chi connectivity index (χ1v) is 7.51. The van der Waals surface area contributed by atoms with E-state index in [1.807, 2.05) is 4.98 Å². The Labute approximate surface area is 134 Å². The first-order valence-electron chi connectivity index (χ1n) is 6.53. The third kappa shape index (κ3) is 5.80. The lowest BCUT2D eigenvalue weighted by Crippen LogP contribution is -2.42. The van der Waals surface area contributed by atoms with Crippen LogP contribution in [0.4, 0.5) is 0 Å². The molecule has 0 fully saturated rings. The first kappa shape index (κ1) is 19.4. The van der Waals surface area contributed by atoms with Crippen molar-refractivity contribution in [1.29, 1.82) is 0 Å². The van der Waals surface area contributed by atoms with E-state index in [-0.39, 0.29) is 22.3 Å². The number of H-pyrrole nitrogens is 2. The molecule has 1 rings (SSSR count). The van der Waals surface area contributed by atoms with Crippen molar-refractivity contribution in [2.45, 2.75) is 30.1 Å². The number of thioether (sulfide) groups is 1. The summed E-state index contributed by atoms with van der Waals surface area (Å²) in [5.74, 6) is -0.498. The zero-order valence-corrected chi connectivity index (χ0v) is 13.0. The van der Waals surface area contributed by atoms with Crippen molar-refractivity contribution >= 4 is 17.5 Å². The van der Waals surface area contributed by atoms with Crippen LogP contribution in [-0.4, -0.2) is 73.5 Å². The Morgan fingerprint density at radius 1 is 1.22 bits per heavy atom. The second-order valence-corrected chi connectivity index (χ2v) is 5.66. The van der Waals surface area contributed by atoms with E-state index >= 15 is 0 Å². The third-order valence-corrected chi connectivity index (χ3v) is 3.87. The number of aliphatic hydroxyl groups excluding tert-OH is 4. The summed E-state index contributed by atoms with van der Waals surface area (Å²) < 4.78 is 5.10. The standard InChI is InChI=1S/C12H18N2O8S/c1-5(16)4-23-9-10(20)13-12(21)14-11(9)22-3-7(18)8(19)6(17)2-15/h6-8,15,17-19H,2-4H2,1H3,(H2,13,14,20,21)/t6-,7+,8-/m1/s1. The molecule has 0 unspecified atom stereocenters. The molecule has 0 saturated heterocycles. The van der Waals surface area contributed by atoms with Gasteiger partial charge in [-0.25, -0.2) is 4.79 Å². The molecule has 0 spiro atoms. The van der Waals surface area contributed by atoms with Crippen molar-refractivity contribution in [3.8, 4) is 5.88 Å². The molecule has 0 bridgehead atoms. The van der Waals surface area contributed by atoms with Gasteiger partial charge in [0.15, 0.2) is 0 Å². The highest BCUT2D eigenvalue weighted by Gasteiger charge is 2.25. The number of carbonyl (C=O) groups excluding carboxylic acids is 1. The maximum absolute atomic E-state index is 11.7. The van der Waals surface area contributed by atoms with Gasteiger partial charge in [-0.3, -0.25) is 19.6 Å². The smallest absolute Gasteiger partial charge is 0.328 e. The van der Waals surface area contributed by atoms with Crippen LogP contribution in [0, 0.1) is 0 Å². The summed E-state index contributed by atoms with van der Waals surface area (Å²) in [4.78, 5) is 38.1. The fourth-order valence-corrected chi connectivity index (χ4v) is 2.26. The van der Waals surface area contributed by atoms with Gasteiger partial charge in [-0.2, -0.15) is 0 Å². The Bertz CT molecular complexity index is 643. The Kier molecular flexibility index (Phi) is 7.45. The van der Waals surface area contributed by atoms with Crippen LogP contribution in [0.15, 0.2) is 14.5 Å². The average molecular weight is 350 g/mol. The number of aliphatic hydroxyl groups is 4. The molecule has 0 radical (unpaired) electrons. The Balaban J connectivity index is 2.88. The maximum Gasteiger partial charge on any atom is 0.328 e. The number of Topliss-reactive ketones (excluding diaryl/α,β-unsaturated/α-hetero) is 1. The van der Waals surface area contributed by atoms with Gasteiger partial charge >= 0.3 is 5.69 Å². The van der Waals surface area contributed by atoms with Crippen LogP contribution in [0.5, 0.6) is 5.88 Å². The average Bonchev–Trinajstić information content (AvgIpc) is 2.49. The number of ether oxygens (including phenoxy) is 1. The van der Waals surface area contributed by atoms with Gasteiger partial charge in [0.25, 0.3) is 5.56 Å². The highest BCUT2D eigenvalue weighted by Crippen LogP contribution is 2.22. The fourth-order valence-electron chi connectivity index (χ4n) is 1.49. The van der Waals surface area contributed by atoms with Crippen molar-refractivity contribution in [2.24, 2.45) is 0 Å². The van der Waals surface area contributed by atoms with Crippen molar-refractivity contribution in [3.63, 3.8) is 0 Å². The summed E-state index contributed by atoms with van der Waals surface area (Å²) >= 11 is 0.839. The molecule has 1 aromatic heterocycles. The van der Waals surface area contributed by atoms with Crippen molar-refractivity contribution in [3.05, 3.63) is 20.8 Å². The molecule has 0 saturated carbocycles. The maximum atomic E-state index is 11.7. The number of carbonyl (C=O) groups is 1. The molecule has 6 N–H and O–H groups in total. The van der Waals surface area contributed by atoms with Crippen molar-refractivity contribution < 1.29 is 30.0 Å². The van der Waals surface area contributed by atoms with Gasteiger partial charge in [-0.05, 0) is 6.92 Å². The SMILES string of the molecule is CC(=O)CSc1c(OC[C@H](O)[C@H](O)[C@H](O)CO)[nH]c(=O)[nH]c1=O. The van der Waals surface area contributed by atoms with Crippen LogP contribution in [0.25, 0.3) is 0 Å². The van der Waals surface area contributed by atoms with E-state index in [4.69, 9.17) is 9.84 Å². The van der Waals surface area contributed by atoms with E-state index in [0.29, 0.717) is 0 Å². The highest BCUT2D eigenvalue weighted by molar-refractivity contribution is 8.00. The minimum Gasteiger partial charge on any atom is -0.475 e. The molecular weight excluding hydrogens is 332 g/mol. The zero-order chi connectivity index (χ0) is 17.6. The second-order valence-electron chi connectivity index (χ2n) is 4.68. The van der Waals surface area contributed by atoms with Gasteiger partial charge in [0, 0.05) is 0 Å². The molecule has 0 aliphatic heterocycles. The van der Waals surface area contributed by atoms with Crippen LogP contribution in [-0.2, 0) is 4.79 Å². The molecule has 1 heterocycles. The minimum atomic E-state index is -1.68. The molecule has 0 aliphatic carbocycles. The summed E-state index contributed by atoms with van der Waals surface area (Å²) in [6, 6.07) is 0. The van der Waals surface area contributed by atoms with Crippen molar-refractivity contribution in [2.75, 3.05) is 19.0 Å². The van der Waals surface area contributed by atoms with E-state index in [1.54, 1.807) is 0 Å². The van der Waals surface area contributed by atoms with Gasteiger partial charge in [0.2, 0.25) is 5.88 Å². The normalized spacial score (nSPS) is 15.0. The van der Waals surface area contributed by atoms with E-state index in [2.05, 4.69) is 4.98 Å². The number of rotatable bonds is 9. The Morgan fingerprint density at radius 3 is 2.43 bits per heavy atom. The minimum absolute atomic E-state index is 0.0279. The Hall–Kier alpha value is -1.66. The first-order chi connectivity index (χ1) is 10.8. The Morgan fingerprint density at radius 2 is 1.87 bits per heavy atom. The number of aromatic nitrogens is 2. The molecule has 11 heteroatoms. The number of aromatic amines is 2. The summed E-state index contributed by atoms with van der Waals surface area (Å²) in [5.41, 5.74) is -1.61. The van der Waals surface area contributed by atoms with Crippen LogP contribution < -0.4 is 16.0 Å². The monoisotopic (exact) mass is 350 g/mol. The van der Waals surface area contributed by atoms with Gasteiger partial charge in [0.05, 0.1) is 12.4 Å². The summed E-state index contributed by atoms with van der Waals surface area (Å²) in [6.45, 7) is -0.00514. The summed E-state index contributed by atoms with van der Waals surface area (Å²) in [7, 11) is 0. The van der Waals surface area contributed by atoms with Crippen LogP contribution in [0.2, 0.25) is 0 Å².